The molecule has 1 fully saturated rings. The summed E-state index contributed by atoms with van der Waals surface area (Å²) >= 11 is 0. The minimum absolute atomic E-state index is 0.0915. The molecule has 2 heterocycles. The van der Waals surface area contributed by atoms with Crippen molar-refractivity contribution in [3.05, 3.63) is 65.6 Å². The third-order valence-electron chi connectivity index (χ3n) is 6.95. The Kier molecular flexibility index (Phi) is 7.82. The highest BCUT2D eigenvalue weighted by atomic mass is 16.3. The van der Waals surface area contributed by atoms with E-state index in [0.717, 1.165) is 44.9 Å². The van der Waals surface area contributed by atoms with Crippen molar-refractivity contribution in [2.75, 3.05) is 46.8 Å². The number of hydrogen-bond donors (Lipinski definition) is 0. The highest BCUT2D eigenvalue weighted by Crippen LogP contribution is 2.29. The third kappa shape index (κ3) is 6.11. The molecule has 2 aromatic rings. The zero-order valence-corrected chi connectivity index (χ0v) is 19.6. The molecular formula is C27H37N3O2. The first-order valence-corrected chi connectivity index (χ1v) is 12.0. The monoisotopic (exact) mass is 435 g/mol. The van der Waals surface area contributed by atoms with Gasteiger partial charge >= 0.3 is 0 Å². The quantitative estimate of drug-likeness (QED) is 0.559. The van der Waals surface area contributed by atoms with Gasteiger partial charge < -0.3 is 14.2 Å². The summed E-state index contributed by atoms with van der Waals surface area (Å²) in [5, 5.41) is 0. The third-order valence-corrected chi connectivity index (χ3v) is 6.95. The molecule has 4 rings (SSSR count). The van der Waals surface area contributed by atoms with Crippen LogP contribution in [0.4, 0.5) is 0 Å². The van der Waals surface area contributed by atoms with Crippen LogP contribution in [-0.4, -0.2) is 73.5 Å². The Labute approximate surface area is 192 Å². The van der Waals surface area contributed by atoms with Crippen LogP contribution < -0.4 is 0 Å². The van der Waals surface area contributed by atoms with E-state index in [1.54, 1.807) is 18.4 Å². The number of amides is 1. The predicted octanol–water partition coefficient (Wildman–Crippen LogP) is 3.95. The van der Waals surface area contributed by atoms with Gasteiger partial charge in [0.25, 0.3) is 0 Å². The number of likely N-dealkylation sites (tertiary alicyclic amines) is 1. The summed E-state index contributed by atoms with van der Waals surface area (Å²) in [5.74, 6) is 1.39. The van der Waals surface area contributed by atoms with E-state index >= 15 is 0 Å². The van der Waals surface area contributed by atoms with Gasteiger partial charge in [0.2, 0.25) is 5.91 Å². The van der Waals surface area contributed by atoms with Crippen molar-refractivity contribution in [1.29, 1.82) is 0 Å². The summed E-state index contributed by atoms with van der Waals surface area (Å²) in [6, 6.07) is 13.3. The maximum Gasteiger partial charge on any atom is 0.246 e. The molecule has 0 spiro atoms. The topological polar surface area (TPSA) is 39.9 Å². The lowest BCUT2D eigenvalue weighted by atomic mass is 9.94. The molecule has 5 nitrogen and oxygen atoms in total. The normalized spacial score (nSPS) is 18.0. The standard InChI is InChI=1S/C27H37N3O2/c1-28(2)14-6-15-30(27(31)11-10-26-9-5-18-32-26)21-22-12-16-29(17-13-22)25-19-23-7-3-4-8-24(23)20-25/h3-5,7-11,18,22,25H,6,12-17,19-21H2,1-2H3/b11-10+. The van der Waals surface area contributed by atoms with Crippen LogP contribution in [0.25, 0.3) is 6.08 Å². The first-order chi connectivity index (χ1) is 15.6. The fourth-order valence-corrected chi connectivity index (χ4v) is 5.12. The number of furan rings is 1. The SMILES string of the molecule is CN(C)CCCN(CC1CCN(C2Cc3ccccc3C2)CC1)C(=O)/C=C/c1ccco1. The van der Waals surface area contributed by atoms with Crippen molar-refractivity contribution in [2.45, 2.75) is 38.1 Å². The smallest absolute Gasteiger partial charge is 0.246 e. The first-order valence-electron chi connectivity index (χ1n) is 12.0. The molecular weight excluding hydrogens is 398 g/mol. The van der Waals surface area contributed by atoms with Crippen LogP contribution in [0.5, 0.6) is 0 Å². The van der Waals surface area contributed by atoms with E-state index in [2.05, 4.69) is 53.1 Å². The van der Waals surface area contributed by atoms with Crippen LogP contribution >= 0.6 is 0 Å². The average Bonchev–Trinajstić information content (AvgIpc) is 3.47. The van der Waals surface area contributed by atoms with Gasteiger partial charge in [-0.1, -0.05) is 24.3 Å². The van der Waals surface area contributed by atoms with E-state index in [1.807, 2.05) is 12.1 Å². The van der Waals surface area contributed by atoms with E-state index in [4.69, 9.17) is 4.42 Å². The second-order valence-electron chi connectivity index (χ2n) is 9.60. The van der Waals surface area contributed by atoms with Gasteiger partial charge in [0.15, 0.2) is 0 Å². The molecule has 1 saturated heterocycles. The van der Waals surface area contributed by atoms with Crippen molar-refractivity contribution in [2.24, 2.45) is 5.92 Å². The number of carbonyl (C=O) groups excluding carboxylic acids is 1. The molecule has 1 aliphatic carbocycles. The van der Waals surface area contributed by atoms with Gasteiger partial charge in [-0.05, 0) is 101 Å². The molecule has 1 aliphatic heterocycles. The van der Waals surface area contributed by atoms with Crippen LogP contribution in [-0.2, 0) is 17.6 Å². The van der Waals surface area contributed by atoms with Gasteiger partial charge in [0, 0.05) is 25.2 Å². The molecule has 32 heavy (non-hydrogen) atoms. The van der Waals surface area contributed by atoms with Gasteiger partial charge in [-0.25, -0.2) is 0 Å². The number of carbonyl (C=O) groups is 1. The Morgan fingerprint density at radius 2 is 1.78 bits per heavy atom. The minimum atomic E-state index is 0.0915. The Balaban J connectivity index is 1.29. The maximum atomic E-state index is 13.0. The van der Waals surface area contributed by atoms with Crippen LogP contribution in [0.15, 0.2) is 53.2 Å². The Hall–Kier alpha value is -2.37. The van der Waals surface area contributed by atoms with E-state index in [0.29, 0.717) is 12.0 Å². The average molecular weight is 436 g/mol. The molecule has 0 saturated carbocycles. The zero-order valence-electron chi connectivity index (χ0n) is 19.6. The van der Waals surface area contributed by atoms with Gasteiger partial charge in [-0.2, -0.15) is 0 Å². The Morgan fingerprint density at radius 3 is 2.41 bits per heavy atom. The Bertz CT molecular complexity index is 857. The second kappa shape index (κ2) is 11.0. The largest absolute Gasteiger partial charge is 0.465 e. The van der Waals surface area contributed by atoms with Gasteiger partial charge in [0.1, 0.15) is 5.76 Å². The summed E-state index contributed by atoms with van der Waals surface area (Å²) in [6.07, 6.45) is 10.8. The van der Waals surface area contributed by atoms with Gasteiger partial charge in [0.05, 0.1) is 6.26 Å². The van der Waals surface area contributed by atoms with Crippen LogP contribution in [0.3, 0.4) is 0 Å². The van der Waals surface area contributed by atoms with E-state index < -0.39 is 0 Å². The molecule has 0 N–H and O–H groups in total. The highest BCUT2D eigenvalue weighted by Gasteiger charge is 2.30. The fourth-order valence-electron chi connectivity index (χ4n) is 5.12. The summed E-state index contributed by atoms with van der Waals surface area (Å²) in [7, 11) is 4.17. The van der Waals surface area contributed by atoms with Crippen LogP contribution in [0.1, 0.15) is 36.1 Å². The molecule has 1 amide bonds. The lowest BCUT2D eigenvalue weighted by molar-refractivity contribution is -0.127. The Morgan fingerprint density at radius 1 is 1.06 bits per heavy atom. The molecule has 1 aromatic heterocycles. The predicted molar refractivity (Wildman–Crippen MR) is 129 cm³/mol. The summed E-state index contributed by atoms with van der Waals surface area (Å²) < 4.78 is 5.34. The number of benzene rings is 1. The maximum absolute atomic E-state index is 13.0. The van der Waals surface area contributed by atoms with Gasteiger partial charge in [-0.3, -0.25) is 9.69 Å². The number of hydrogen-bond acceptors (Lipinski definition) is 4. The number of fused-ring (bicyclic) bond motifs is 1. The summed E-state index contributed by atoms with van der Waals surface area (Å²) in [4.78, 5) is 19.9. The lowest BCUT2D eigenvalue weighted by Gasteiger charge is -2.37. The van der Waals surface area contributed by atoms with Crippen LogP contribution in [0.2, 0.25) is 0 Å². The molecule has 5 heteroatoms. The lowest BCUT2D eigenvalue weighted by Crippen LogP contribution is -2.45. The molecule has 2 aliphatic rings. The molecule has 0 bridgehead atoms. The van der Waals surface area contributed by atoms with Crippen molar-refractivity contribution >= 4 is 12.0 Å². The fraction of sp³-hybridized carbons (Fsp3) is 0.519. The molecule has 172 valence electrons. The second-order valence-corrected chi connectivity index (χ2v) is 9.60. The van der Waals surface area contributed by atoms with E-state index in [-0.39, 0.29) is 5.91 Å². The summed E-state index contributed by atoms with van der Waals surface area (Å²) in [5.41, 5.74) is 3.06. The van der Waals surface area contributed by atoms with Crippen LogP contribution in [0, 0.1) is 5.92 Å². The molecule has 1 aromatic carbocycles. The van der Waals surface area contributed by atoms with Crippen molar-refractivity contribution in [1.82, 2.24) is 14.7 Å². The summed E-state index contributed by atoms with van der Waals surface area (Å²) in [6.45, 7) is 4.94. The van der Waals surface area contributed by atoms with E-state index in [1.165, 1.54) is 36.8 Å². The van der Waals surface area contributed by atoms with Crippen molar-refractivity contribution in [3.8, 4) is 0 Å². The number of nitrogens with zero attached hydrogens (tertiary/aromatic N) is 3. The highest BCUT2D eigenvalue weighted by molar-refractivity contribution is 5.91. The minimum Gasteiger partial charge on any atom is -0.465 e. The zero-order chi connectivity index (χ0) is 22.3. The molecule has 0 atom stereocenters. The van der Waals surface area contributed by atoms with Gasteiger partial charge in [-0.15, -0.1) is 0 Å². The molecule has 0 radical (unpaired) electrons. The van der Waals surface area contributed by atoms with Crippen molar-refractivity contribution < 1.29 is 9.21 Å². The molecule has 0 unspecified atom stereocenters. The first kappa shape index (κ1) is 22.8. The van der Waals surface area contributed by atoms with E-state index in [9.17, 15) is 4.79 Å². The number of piperidine rings is 1. The van der Waals surface area contributed by atoms with Crippen molar-refractivity contribution in [3.63, 3.8) is 0 Å². The number of rotatable bonds is 9.